The van der Waals surface area contributed by atoms with E-state index >= 15 is 0 Å². The van der Waals surface area contributed by atoms with Crippen LogP contribution in [0.25, 0.3) is 0 Å². The monoisotopic (exact) mass is 240 g/mol. The second-order valence-electron chi connectivity index (χ2n) is 3.58. The molecule has 6 N–H and O–H groups in total. The second-order valence-corrected chi connectivity index (χ2v) is 3.58. The summed E-state index contributed by atoms with van der Waals surface area (Å²) in [7, 11) is 0. The summed E-state index contributed by atoms with van der Waals surface area (Å²) < 4.78 is 0. The molecule has 0 aliphatic rings. The molecule has 0 aromatic rings. The van der Waals surface area contributed by atoms with Gasteiger partial charge in [-0.1, -0.05) is 6.92 Å². The molecule has 0 aromatic carbocycles. The maximum Gasteiger partial charge on any atom is 0.275 e. The summed E-state index contributed by atoms with van der Waals surface area (Å²) in [5, 5.41) is 49.8. The molecule has 0 saturated heterocycles. The maximum atomic E-state index is 8.75. The minimum atomic E-state index is -2.45. The summed E-state index contributed by atoms with van der Waals surface area (Å²) >= 11 is 0. The Morgan fingerprint density at radius 1 is 1.06 bits per heavy atom. The van der Waals surface area contributed by atoms with Gasteiger partial charge in [-0.25, -0.2) is 0 Å². The molecule has 0 aliphatic heterocycles. The van der Waals surface area contributed by atoms with Crippen molar-refractivity contribution in [3.05, 3.63) is 0 Å². The van der Waals surface area contributed by atoms with Gasteiger partial charge in [0.25, 0.3) is 5.97 Å². The highest BCUT2D eigenvalue weighted by atomic mass is 16.7. The van der Waals surface area contributed by atoms with Crippen LogP contribution in [-0.4, -0.2) is 55.9 Å². The van der Waals surface area contributed by atoms with Crippen LogP contribution in [0, 0.1) is 0 Å². The quantitative estimate of drug-likeness (QED) is 0.249. The van der Waals surface area contributed by atoms with E-state index in [0.29, 0.717) is 19.3 Å². The maximum absolute atomic E-state index is 8.75. The van der Waals surface area contributed by atoms with Gasteiger partial charge in [0.05, 0.1) is 12.7 Å². The topological polar surface area (TPSA) is 121 Å². The molecular formula is C10H24O6. The van der Waals surface area contributed by atoms with Crippen LogP contribution in [0.2, 0.25) is 0 Å². The van der Waals surface area contributed by atoms with Gasteiger partial charge >= 0.3 is 0 Å². The average Bonchev–Trinajstić information content (AvgIpc) is 2.17. The van der Waals surface area contributed by atoms with Crippen LogP contribution in [0.15, 0.2) is 0 Å². The Morgan fingerprint density at radius 3 is 1.88 bits per heavy atom. The van der Waals surface area contributed by atoms with Crippen molar-refractivity contribution in [2.24, 2.45) is 0 Å². The van der Waals surface area contributed by atoms with E-state index in [1.54, 1.807) is 6.92 Å². The lowest BCUT2D eigenvalue weighted by atomic mass is 10.2. The zero-order valence-electron chi connectivity index (χ0n) is 9.71. The summed E-state index contributed by atoms with van der Waals surface area (Å²) in [4.78, 5) is 0. The number of aliphatic hydroxyl groups excluding tert-OH is 3. The van der Waals surface area contributed by atoms with Crippen LogP contribution in [0.1, 0.15) is 39.0 Å². The third kappa shape index (κ3) is 19.4. The van der Waals surface area contributed by atoms with E-state index in [4.69, 9.17) is 30.6 Å². The molecule has 0 spiro atoms. The summed E-state index contributed by atoms with van der Waals surface area (Å²) in [5.41, 5.74) is 0. The third-order valence-corrected chi connectivity index (χ3v) is 1.74. The SMILES string of the molecule is CCCC(O)(O)O.OCCCCC(O)CO. The number of aliphatic hydroxyl groups is 6. The van der Waals surface area contributed by atoms with Crippen LogP contribution in [-0.2, 0) is 0 Å². The normalized spacial score (nSPS) is 12.9. The Morgan fingerprint density at radius 2 is 1.62 bits per heavy atom. The highest BCUT2D eigenvalue weighted by Gasteiger charge is 2.14. The smallest absolute Gasteiger partial charge is 0.275 e. The van der Waals surface area contributed by atoms with Crippen LogP contribution in [0.4, 0.5) is 0 Å². The van der Waals surface area contributed by atoms with Gasteiger partial charge < -0.3 is 30.6 Å². The van der Waals surface area contributed by atoms with Gasteiger partial charge in [-0.05, 0) is 25.7 Å². The van der Waals surface area contributed by atoms with E-state index in [0.717, 1.165) is 6.42 Å². The largest absolute Gasteiger partial charge is 0.396 e. The zero-order chi connectivity index (χ0) is 13.0. The summed E-state index contributed by atoms with van der Waals surface area (Å²) in [6.45, 7) is 1.74. The van der Waals surface area contributed by atoms with Gasteiger partial charge in [0.1, 0.15) is 0 Å². The fourth-order valence-corrected chi connectivity index (χ4v) is 0.918. The number of rotatable bonds is 7. The lowest BCUT2D eigenvalue weighted by molar-refractivity contribution is -0.314. The molecule has 6 heteroatoms. The van der Waals surface area contributed by atoms with Crippen molar-refractivity contribution in [2.45, 2.75) is 51.1 Å². The molecule has 0 saturated carbocycles. The second kappa shape index (κ2) is 11.3. The molecule has 6 nitrogen and oxygen atoms in total. The molecule has 0 aliphatic carbocycles. The molecule has 0 amide bonds. The van der Waals surface area contributed by atoms with E-state index in [9.17, 15) is 0 Å². The van der Waals surface area contributed by atoms with Crippen LogP contribution < -0.4 is 0 Å². The van der Waals surface area contributed by atoms with Gasteiger partial charge in [0, 0.05) is 13.0 Å². The van der Waals surface area contributed by atoms with Gasteiger partial charge in [0.15, 0.2) is 0 Å². The highest BCUT2D eigenvalue weighted by molar-refractivity contribution is 4.51. The van der Waals surface area contributed by atoms with Crippen molar-refractivity contribution in [1.29, 1.82) is 0 Å². The molecular weight excluding hydrogens is 216 g/mol. The van der Waals surface area contributed by atoms with Gasteiger partial charge in [-0.3, -0.25) is 0 Å². The van der Waals surface area contributed by atoms with E-state index in [1.165, 1.54) is 0 Å². The lowest BCUT2D eigenvalue weighted by Crippen LogP contribution is -2.26. The first-order valence-electron chi connectivity index (χ1n) is 5.44. The van der Waals surface area contributed by atoms with Crippen molar-refractivity contribution in [2.75, 3.05) is 13.2 Å². The molecule has 1 atom stereocenters. The first kappa shape index (κ1) is 18.1. The van der Waals surface area contributed by atoms with Crippen LogP contribution in [0.5, 0.6) is 0 Å². The molecule has 0 fully saturated rings. The Hall–Kier alpha value is -0.240. The number of hydrogen-bond acceptors (Lipinski definition) is 6. The Labute approximate surface area is 95.8 Å². The fraction of sp³-hybridized carbons (Fsp3) is 1.00. The van der Waals surface area contributed by atoms with Crippen molar-refractivity contribution in [1.82, 2.24) is 0 Å². The Balaban J connectivity index is 0. The predicted molar refractivity (Wildman–Crippen MR) is 58.3 cm³/mol. The standard InChI is InChI=1S/C6H14O3.C4H10O3/c7-4-2-1-3-6(9)5-8;1-2-3-4(5,6)7/h6-9H,1-5H2;5-7H,2-3H2,1H3. The predicted octanol–water partition coefficient (Wildman–Crippen LogP) is -1.08. The first-order chi connectivity index (χ1) is 7.37. The van der Waals surface area contributed by atoms with E-state index < -0.39 is 12.1 Å². The van der Waals surface area contributed by atoms with Crippen molar-refractivity contribution in [3.8, 4) is 0 Å². The summed E-state index contributed by atoms with van der Waals surface area (Å²) in [6.07, 6.45) is 2.03. The Bertz CT molecular complexity index is 134. The highest BCUT2D eigenvalue weighted by Crippen LogP contribution is 2.01. The number of hydrogen-bond donors (Lipinski definition) is 6. The molecule has 16 heavy (non-hydrogen) atoms. The van der Waals surface area contributed by atoms with E-state index in [2.05, 4.69) is 0 Å². The summed E-state index contributed by atoms with van der Waals surface area (Å²) in [6, 6.07) is 0. The van der Waals surface area contributed by atoms with Gasteiger partial charge in [-0.2, -0.15) is 0 Å². The van der Waals surface area contributed by atoms with Crippen LogP contribution >= 0.6 is 0 Å². The van der Waals surface area contributed by atoms with Crippen molar-refractivity contribution >= 4 is 0 Å². The Kier molecular flexibility index (Phi) is 12.8. The zero-order valence-corrected chi connectivity index (χ0v) is 9.71. The number of unbranched alkanes of at least 4 members (excludes halogenated alkanes) is 1. The van der Waals surface area contributed by atoms with Gasteiger partial charge in [0.2, 0.25) is 0 Å². The lowest BCUT2D eigenvalue weighted by Gasteiger charge is -2.10. The molecule has 0 bridgehead atoms. The molecule has 1 unspecified atom stereocenters. The minimum Gasteiger partial charge on any atom is -0.396 e. The molecule has 0 heterocycles. The van der Waals surface area contributed by atoms with E-state index in [1.807, 2.05) is 0 Å². The molecule has 100 valence electrons. The average molecular weight is 240 g/mol. The fourth-order valence-electron chi connectivity index (χ4n) is 0.918. The summed E-state index contributed by atoms with van der Waals surface area (Å²) in [5.74, 6) is -2.45. The molecule has 0 rings (SSSR count). The van der Waals surface area contributed by atoms with Crippen LogP contribution in [0.3, 0.4) is 0 Å². The minimum absolute atomic E-state index is 0.00694. The third-order valence-electron chi connectivity index (χ3n) is 1.74. The van der Waals surface area contributed by atoms with Crippen molar-refractivity contribution in [3.63, 3.8) is 0 Å². The molecule has 0 radical (unpaired) electrons. The van der Waals surface area contributed by atoms with Crippen molar-refractivity contribution < 1.29 is 30.6 Å². The molecule has 0 aromatic heterocycles. The van der Waals surface area contributed by atoms with Gasteiger partial charge in [-0.15, -0.1) is 0 Å². The van der Waals surface area contributed by atoms with E-state index in [-0.39, 0.29) is 19.6 Å². The first-order valence-corrected chi connectivity index (χ1v) is 5.44.